The van der Waals surface area contributed by atoms with Crippen molar-refractivity contribution in [2.24, 2.45) is 0 Å². The molecule has 1 aromatic rings. The molecule has 0 radical (unpaired) electrons. The Bertz CT molecular complexity index is 376. The summed E-state index contributed by atoms with van der Waals surface area (Å²) in [5.74, 6) is -2.23. The Morgan fingerprint density at radius 3 is 2.91 bits per heavy atom. The fourth-order valence-corrected chi connectivity index (χ4v) is 0.517. The Morgan fingerprint density at radius 2 is 2.36 bits per heavy atom. The van der Waals surface area contributed by atoms with Crippen LogP contribution in [0.3, 0.4) is 0 Å². The molecule has 0 fully saturated rings. The zero-order valence-corrected chi connectivity index (χ0v) is 5.17. The van der Waals surface area contributed by atoms with Crippen LogP contribution in [0.15, 0.2) is 15.3 Å². The molecule has 0 aliphatic carbocycles. The fraction of sp³-hybridized carbons (Fsp3) is 0. The Balaban J connectivity index is 3.48. The van der Waals surface area contributed by atoms with Crippen molar-refractivity contribution in [2.75, 3.05) is 0 Å². The first kappa shape index (κ1) is 7.28. The van der Waals surface area contributed by atoms with Gasteiger partial charge in [0.25, 0.3) is 0 Å². The van der Waals surface area contributed by atoms with E-state index in [9.17, 15) is 9.18 Å². The highest BCUT2D eigenvalue weighted by atomic mass is 19.1. The van der Waals surface area contributed by atoms with Gasteiger partial charge in [0.15, 0.2) is 0 Å². The third-order valence-corrected chi connectivity index (χ3v) is 1.01. The Morgan fingerprint density at radius 1 is 1.73 bits per heavy atom. The van der Waals surface area contributed by atoms with Gasteiger partial charge in [-0.1, -0.05) is 0 Å². The molecule has 0 aromatic carbocycles. The summed E-state index contributed by atoms with van der Waals surface area (Å²) in [6, 6.07) is 2.02. The first-order valence-corrected chi connectivity index (χ1v) is 2.58. The summed E-state index contributed by atoms with van der Waals surface area (Å²) in [5.41, 5.74) is -1.52. The van der Waals surface area contributed by atoms with Gasteiger partial charge in [0, 0.05) is 6.07 Å². The van der Waals surface area contributed by atoms with E-state index in [0.717, 1.165) is 0 Å². The van der Waals surface area contributed by atoms with Crippen molar-refractivity contribution in [1.82, 2.24) is 0 Å². The molecule has 0 saturated heterocycles. The molecule has 1 rings (SSSR count). The molecule has 0 aliphatic heterocycles. The number of halogens is 1. The van der Waals surface area contributed by atoms with Gasteiger partial charge >= 0.3 is 11.6 Å². The molecule has 0 unspecified atom stereocenters. The van der Waals surface area contributed by atoms with E-state index < -0.39 is 23.0 Å². The molecule has 1 aromatic heterocycles. The third kappa shape index (κ3) is 1.19. The molecule has 56 valence electrons. The Labute approximate surface area is 60.1 Å². The van der Waals surface area contributed by atoms with Crippen LogP contribution in [0.4, 0.5) is 4.39 Å². The molecule has 4 nitrogen and oxygen atoms in total. The summed E-state index contributed by atoms with van der Waals surface area (Å²) in [6.45, 7) is 0. The smallest absolute Gasteiger partial charge is 0.356 e. The summed E-state index contributed by atoms with van der Waals surface area (Å²) < 4.78 is 16.2. The van der Waals surface area contributed by atoms with Gasteiger partial charge in [-0.3, -0.25) is 0 Å². The van der Waals surface area contributed by atoms with Gasteiger partial charge in [-0.05, 0) is 0 Å². The number of aromatic hydroxyl groups is 1. The normalized spacial score (nSPS) is 9.09. The van der Waals surface area contributed by atoms with Crippen LogP contribution >= 0.6 is 0 Å². The molecule has 1 heterocycles. The maximum Gasteiger partial charge on any atom is 0.356 e. The molecule has 11 heavy (non-hydrogen) atoms. The molecule has 0 atom stereocenters. The second kappa shape index (κ2) is 2.42. The maximum absolute atomic E-state index is 12.3. The van der Waals surface area contributed by atoms with Crippen molar-refractivity contribution in [2.45, 2.75) is 0 Å². The topological polar surface area (TPSA) is 74.2 Å². The quantitative estimate of drug-likeness (QED) is 0.586. The second-order valence-corrected chi connectivity index (χ2v) is 1.71. The van der Waals surface area contributed by atoms with Crippen LogP contribution in [0.1, 0.15) is 5.56 Å². The standard InChI is InChI=1S/C6H2FNO3/c7-4-1-3(2-8)5(9)11-6(4)10/h1,10H. The van der Waals surface area contributed by atoms with Gasteiger partial charge in [0.1, 0.15) is 11.6 Å². The number of nitrogens with zero attached hydrogens (tertiary/aromatic N) is 1. The van der Waals surface area contributed by atoms with E-state index >= 15 is 0 Å². The van der Waals surface area contributed by atoms with Crippen molar-refractivity contribution in [3.63, 3.8) is 0 Å². The van der Waals surface area contributed by atoms with Crippen molar-refractivity contribution >= 4 is 0 Å². The lowest BCUT2D eigenvalue weighted by atomic mass is 10.3. The maximum atomic E-state index is 12.3. The first-order chi connectivity index (χ1) is 5.15. The van der Waals surface area contributed by atoms with Gasteiger partial charge in [-0.2, -0.15) is 9.65 Å². The second-order valence-electron chi connectivity index (χ2n) is 1.71. The molecule has 0 bridgehead atoms. The average molecular weight is 155 g/mol. The van der Waals surface area contributed by atoms with Gasteiger partial charge in [-0.25, -0.2) is 4.79 Å². The minimum Gasteiger partial charge on any atom is -0.479 e. The van der Waals surface area contributed by atoms with Crippen molar-refractivity contribution in [3.05, 3.63) is 27.9 Å². The molecular formula is C6H2FNO3. The Kier molecular flexibility index (Phi) is 1.60. The predicted octanol–water partition coefficient (Wildman–Crippen LogP) is 0.356. The largest absolute Gasteiger partial charge is 0.479 e. The number of hydrogen-bond acceptors (Lipinski definition) is 4. The van der Waals surface area contributed by atoms with Crippen LogP contribution in [0.25, 0.3) is 0 Å². The molecule has 1 N–H and O–H groups in total. The lowest BCUT2D eigenvalue weighted by Crippen LogP contribution is -2.03. The lowest BCUT2D eigenvalue weighted by molar-refractivity contribution is 0.280. The third-order valence-electron chi connectivity index (χ3n) is 1.01. The van der Waals surface area contributed by atoms with Gasteiger partial charge in [0.2, 0.25) is 5.82 Å². The molecule has 0 saturated carbocycles. The average Bonchev–Trinajstić information content (AvgIpc) is 1.97. The SMILES string of the molecule is N#Cc1cc(F)c(O)oc1=O. The summed E-state index contributed by atoms with van der Waals surface area (Å²) in [4.78, 5) is 10.5. The molecule has 5 heteroatoms. The monoisotopic (exact) mass is 155 g/mol. The van der Waals surface area contributed by atoms with E-state index in [2.05, 4.69) is 4.42 Å². The van der Waals surface area contributed by atoms with E-state index in [4.69, 9.17) is 10.4 Å². The van der Waals surface area contributed by atoms with Crippen molar-refractivity contribution < 1.29 is 13.9 Å². The van der Waals surface area contributed by atoms with Crippen molar-refractivity contribution in [1.29, 1.82) is 5.26 Å². The summed E-state index contributed by atoms with van der Waals surface area (Å²) in [5, 5.41) is 16.6. The van der Waals surface area contributed by atoms with E-state index in [1.54, 1.807) is 0 Å². The highest BCUT2D eigenvalue weighted by Crippen LogP contribution is 2.11. The molecule has 0 spiro atoms. The van der Waals surface area contributed by atoms with Crippen LogP contribution in [0, 0.1) is 17.1 Å². The lowest BCUT2D eigenvalue weighted by Gasteiger charge is -1.90. The number of nitriles is 1. The molecule has 0 aliphatic rings. The Hall–Kier alpha value is -1.83. The van der Waals surface area contributed by atoms with Crippen LogP contribution in [-0.4, -0.2) is 5.11 Å². The van der Waals surface area contributed by atoms with Crippen LogP contribution in [0.2, 0.25) is 0 Å². The van der Waals surface area contributed by atoms with Crippen LogP contribution in [-0.2, 0) is 0 Å². The fourth-order valence-electron chi connectivity index (χ4n) is 0.517. The van der Waals surface area contributed by atoms with Gasteiger partial charge < -0.3 is 9.52 Å². The van der Waals surface area contributed by atoms with Gasteiger partial charge in [0.05, 0.1) is 0 Å². The number of rotatable bonds is 0. The van der Waals surface area contributed by atoms with Crippen LogP contribution in [0.5, 0.6) is 5.95 Å². The zero-order valence-electron chi connectivity index (χ0n) is 5.17. The first-order valence-electron chi connectivity index (χ1n) is 2.58. The van der Waals surface area contributed by atoms with E-state index in [1.807, 2.05) is 0 Å². The highest BCUT2D eigenvalue weighted by Gasteiger charge is 2.08. The van der Waals surface area contributed by atoms with Gasteiger partial charge in [-0.15, -0.1) is 0 Å². The predicted molar refractivity (Wildman–Crippen MR) is 31.3 cm³/mol. The summed E-state index contributed by atoms with van der Waals surface area (Å²) >= 11 is 0. The van der Waals surface area contributed by atoms with E-state index in [-0.39, 0.29) is 0 Å². The molecule has 0 amide bonds. The summed E-state index contributed by atoms with van der Waals surface area (Å²) in [6.07, 6.45) is 0. The zero-order chi connectivity index (χ0) is 8.43. The van der Waals surface area contributed by atoms with E-state index in [1.165, 1.54) is 6.07 Å². The molecular weight excluding hydrogens is 153 g/mol. The minimum absolute atomic E-state index is 0.472. The minimum atomic E-state index is -1.12. The van der Waals surface area contributed by atoms with Crippen molar-refractivity contribution in [3.8, 4) is 12.0 Å². The summed E-state index contributed by atoms with van der Waals surface area (Å²) in [7, 11) is 0. The highest BCUT2D eigenvalue weighted by molar-refractivity contribution is 5.26. The number of hydrogen-bond donors (Lipinski definition) is 1. The van der Waals surface area contributed by atoms with E-state index in [0.29, 0.717) is 6.07 Å². The van der Waals surface area contributed by atoms with Crippen LogP contribution < -0.4 is 5.63 Å².